The highest BCUT2D eigenvalue weighted by Crippen LogP contribution is 2.37. The highest BCUT2D eigenvalue weighted by atomic mass is 35.5. The minimum atomic E-state index is -0.563. The number of nitrogens with zero attached hydrogens (tertiary/aromatic N) is 4. The number of halogens is 1. The standard InChI is InChI=1S/C33H29ClN4O5/c1-20(2)25-17-26(21(3)14-30(25)42-4)32-36-28-13-9-8-12-24(28)33(39)37(32)35-18-23-15-27(34)31(29(16-23)38(40)41)43-19-22-10-6-5-7-11-22/h5-18,20H,19H2,1-4H3. The van der Waals surface area contributed by atoms with E-state index in [2.05, 4.69) is 18.9 Å². The molecule has 0 fully saturated rings. The number of nitro groups is 1. The quantitative estimate of drug-likeness (QED) is 0.0988. The van der Waals surface area contributed by atoms with Crippen LogP contribution in [0.4, 0.5) is 5.69 Å². The molecule has 5 rings (SSSR count). The molecule has 43 heavy (non-hydrogen) atoms. The Bertz CT molecular complexity index is 1920. The third-order valence-electron chi connectivity index (χ3n) is 6.98. The van der Waals surface area contributed by atoms with Gasteiger partial charge in [0.15, 0.2) is 5.82 Å². The fourth-order valence-electron chi connectivity index (χ4n) is 4.78. The zero-order valence-electron chi connectivity index (χ0n) is 24.1. The van der Waals surface area contributed by atoms with Gasteiger partial charge in [0.1, 0.15) is 12.4 Å². The fraction of sp³-hybridized carbons (Fsp3) is 0.182. The van der Waals surface area contributed by atoms with E-state index in [0.29, 0.717) is 27.9 Å². The highest BCUT2D eigenvalue weighted by molar-refractivity contribution is 6.32. The lowest BCUT2D eigenvalue weighted by Crippen LogP contribution is -2.20. The monoisotopic (exact) mass is 596 g/mol. The van der Waals surface area contributed by atoms with Gasteiger partial charge in [-0.15, -0.1) is 0 Å². The number of hydrogen-bond donors (Lipinski definition) is 0. The van der Waals surface area contributed by atoms with Crippen molar-refractivity contribution >= 4 is 34.4 Å². The normalized spacial score (nSPS) is 11.4. The van der Waals surface area contributed by atoms with Crippen molar-refractivity contribution in [3.05, 3.63) is 127 Å². The Morgan fingerprint density at radius 2 is 1.79 bits per heavy atom. The lowest BCUT2D eigenvalue weighted by atomic mass is 9.96. The van der Waals surface area contributed by atoms with Gasteiger partial charge in [-0.1, -0.05) is 67.9 Å². The van der Waals surface area contributed by atoms with Crippen LogP contribution in [-0.2, 0) is 6.61 Å². The molecule has 9 nitrogen and oxygen atoms in total. The van der Waals surface area contributed by atoms with Crippen LogP contribution in [0.25, 0.3) is 22.3 Å². The zero-order valence-corrected chi connectivity index (χ0v) is 24.8. The minimum absolute atomic E-state index is 0.0448. The largest absolute Gasteiger partial charge is 0.496 e. The van der Waals surface area contributed by atoms with Crippen LogP contribution in [-0.4, -0.2) is 27.9 Å². The van der Waals surface area contributed by atoms with Crippen LogP contribution in [0.1, 0.15) is 42.0 Å². The van der Waals surface area contributed by atoms with Gasteiger partial charge in [-0.25, -0.2) is 4.98 Å². The van der Waals surface area contributed by atoms with Crippen molar-refractivity contribution in [3.8, 4) is 22.9 Å². The second kappa shape index (κ2) is 12.5. The zero-order chi connectivity index (χ0) is 30.7. The third kappa shape index (κ3) is 6.12. The summed E-state index contributed by atoms with van der Waals surface area (Å²) in [4.78, 5) is 30.0. The second-order valence-electron chi connectivity index (χ2n) is 10.3. The number of hydrogen-bond acceptors (Lipinski definition) is 7. The maximum absolute atomic E-state index is 13.7. The molecule has 1 heterocycles. The second-order valence-corrected chi connectivity index (χ2v) is 10.7. The fourth-order valence-corrected chi connectivity index (χ4v) is 5.06. The minimum Gasteiger partial charge on any atom is -0.496 e. The lowest BCUT2D eigenvalue weighted by molar-refractivity contribution is -0.385. The van der Waals surface area contributed by atoms with Gasteiger partial charge in [0.05, 0.1) is 34.2 Å². The molecule has 0 atom stereocenters. The van der Waals surface area contributed by atoms with E-state index >= 15 is 0 Å². The summed E-state index contributed by atoms with van der Waals surface area (Å²) < 4.78 is 12.6. The number of benzene rings is 4. The molecular formula is C33H29ClN4O5. The summed E-state index contributed by atoms with van der Waals surface area (Å²) >= 11 is 6.48. The van der Waals surface area contributed by atoms with Crippen molar-refractivity contribution in [2.24, 2.45) is 5.10 Å². The van der Waals surface area contributed by atoms with Gasteiger partial charge >= 0.3 is 5.69 Å². The average Bonchev–Trinajstić information content (AvgIpc) is 3.00. The molecule has 10 heteroatoms. The Morgan fingerprint density at radius 1 is 1.07 bits per heavy atom. The molecule has 0 aliphatic rings. The van der Waals surface area contributed by atoms with Crippen LogP contribution in [0.15, 0.2) is 88.8 Å². The van der Waals surface area contributed by atoms with Crippen molar-refractivity contribution < 1.29 is 14.4 Å². The van der Waals surface area contributed by atoms with E-state index in [1.165, 1.54) is 23.0 Å². The topological polar surface area (TPSA) is 109 Å². The van der Waals surface area contributed by atoms with Crippen LogP contribution in [0.5, 0.6) is 11.5 Å². The van der Waals surface area contributed by atoms with Crippen LogP contribution in [0, 0.1) is 17.0 Å². The molecule has 218 valence electrons. The van der Waals surface area contributed by atoms with Gasteiger partial charge in [-0.05, 0) is 59.9 Å². The number of rotatable bonds is 9. The predicted molar refractivity (Wildman–Crippen MR) is 169 cm³/mol. The first-order valence-corrected chi connectivity index (χ1v) is 14.0. The maximum Gasteiger partial charge on any atom is 0.313 e. The Balaban J connectivity index is 1.62. The molecular weight excluding hydrogens is 568 g/mol. The number of para-hydroxylation sites is 1. The number of nitro benzene ring substituents is 1. The van der Waals surface area contributed by atoms with E-state index in [-0.39, 0.29) is 34.5 Å². The number of aromatic nitrogens is 2. The van der Waals surface area contributed by atoms with E-state index in [0.717, 1.165) is 22.4 Å². The van der Waals surface area contributed by atoms with Crippen LogP contribution < -0.4 is 15.0 Å². The molecule has 0 aliphatic heterocycles. The van der Waals surface area contributed by atoms with Gasteiger partial charge in [0.25, 0.3) is 5.56 Å². The van der Waals surface area contributed by atoms with Crippen LogP contribution in [0.3, 0.4) is 0 Å². The summed E-state index contributed by atoms with van der Waals surface area (Å²) in [5.41, 5.74) is 3.46. The lowest BCUT2D eigenvalue weighted by Gasteiger charge is -2.17. The Labute approximate surface area is 253 Å². The first kappa shape index (κ1) is 29.5. The molecule has 0 spiro atoms. The van der Waals surface area contributed by atoms with Gasteiger partial charge in [-0.3, -0.25) is 14.9 Å². The predicted octanol–water partition coefficient (Wildman–Crippen LogP) is 7.53. The van der Waals surface area contributed by atoms with Gasteiger partial charge in [0.2, 0.25) is 5.75 Å². The van der Waals surface area contributed by atoms with Crippen LogP contribution >= 0.6 is 11.6 Å². The number of methoxy groups -OCH3 is 1. The van der Waals surface area contributed by atoms with E-state index in [9.17, 15) is 14.9 Å². The molecule has 0 radical (unpaired) electrons. The third-order valence-corrected chi connectivity index (χ3v) is 7.27. The first-order valence-electron chi connectivity index (χ1n) is 13.6. The van der Waals surface area contributed by atoms with Gasteiger partial charge in [-0.2, -0.15) is 9.78 Å². The van der Waals surface area contributed by atoms with Gasteiger partial charge in [0, 0.05) is 17.2 Å². The summed E-state index contributed by atoms with van der Waals surface area (Å²) in [6.07, 6.45) is 1.35. The molecule has 1 aromatic heterocycles. The molecule has 0 aliphatic carbocycles. The van der Waals surface area contributed by atoms with E-state index in [4.69, 9.17) is 26.1 Å². The molecule has 0 N–H and O–H groups in total. The maximum atomic E-state index is 13.7. The molecule has 0 bridgehead atoms. The summed E-state index contributed by atoms with van der Waals surface area (Å²) in [6.45, 7) is 6.13. The van der Waals surface area contributed by atoms with Crippen molar-refractivity contribution in [2.45, 2.75) is 33.3 Å². The Kier molecular flexibility index (Phi) is 8.54. The van der Waals surface area contributed by atoms with Gasteiger partial charge < -0.3 is 9.47 Å². The van der Waals surface area contributed by atoms with E-state index < -0.39 is 4.92 Å². The molecule has 0 saturated heterocycles. The molecule has 0 amide bonds. The molecule has 0 unspecified atom stereocenters. The van der Waals surface area contributed by atoms with Crippen LogP contribution in [0.2, 0.25) is 5.02 Å². The van der Waals surface area contributed by atoms with Crippen molar-refractivity contribution in [3.63, 3.8) is 0 Å². The molecule has 5 aromatic rings. The van der Waals surface area contributed by atoms with Crippen molar-refractivity contribution in [2.75, 3.05) is 7.11 Å². The number of ether oxygens (including phenoxy) is 2. The summed E-state index contributed by atoms with van der Waals surface area (Å²) in [5, 5.41) is 16.9. The number of aryl methyl sites for hydroxylation is 1. The number of fused-ring (bicyclic) bond motifs is 1. The summed E-state index contributed by atoms with van der Waals surface area (Å²) in [7, 11) is 1.62. The smallest absolute Gasteiger partial charge is 0.313 e. The summed E-state index contributed by atoms with van der Waals surface area (Å²) in [6, 6.07) is 23.0. The van der Waals surface area contributed by atoms with Crippen molar-refractivity contribution in [1.29, 1.82) is 0 Å². The average molecular weight is 597 g/mol. The van der Waals surface area contributed by atoms with Crippen molar-refractivity contribution in [1.82, 2.24) is 9.66 Å². The molecule has 0 saturated carbocycles. The van der Waals surface area contributed by atoms with E-state index in [1.54, 1.807) is 25.3 Å². The Morgan fingerprint density at radius 3 is 2.49 bits per heavy atom. The Hall–Kier alpha value is -5.02. The highest BCUT2D eigenvalue weighted by Gasteiger charge is 2.22. The SMILES string of the molecule is COc1cc(C)c(-c2nc3ccccc3c(=O)n2N=Cc2cc(Cl)c(OCc3ccccc3)c([N+](=O)[O-])c2)cc1C(C)C. The first-order chi connectivity index (χ1) is 20.7. The van der Waals surface area contributed by atoms with E-state index in [1.807, 2.05) is 55.5 Å². The summed E-state index contributed by atoms with van der Waals surface area (Å²) in [5.74, 6) is 1.16. The molecule has 4 aromatic carbocycles.